The van der Waals surface area contributed by atoms with Gasteiger partial charge in [-0.05, 0) is 38.8 Å². The number of nitrogens with zero attached hydrogens (tertiary/aromatic N) is 2. The fraction of sp³-hybridized carbons (Fsp3) is 0.571. The molecule has 0 radical (unpaired) electrons. The van der Waals surface area contributed by atoms with Gasteiger partial charge in [-0.15, -0.1) is 0 Å². The van der Waals surface area contributed by atoms with E-state index in [0.717, 1.165) is 25.1 Å². The molecule has 0 bridgehead atoms. The minimum atomic E-state index is -0.0499. The summed E-state index contributed by atoms with van der Waals surface area (Å²) in [7, 11) is 1.78. The largest absolute Gasteiger partial charge is 0.378 e. The van der Waals surface area contributed by atoms with Crippen LogP contribution in [-0.4, -0.2) is 30.6 Å². The van der Waals surface area contributed by atoms with E-state index in [1.807, 2.05) is 32.0 Å². The third-order valence-electron chi connectivity index (χ3n) is 3.47. The van der Waals surface area contributed by atoms with Gasteiger partial charge in [0.1, 0.15) is 5.82 Å². The topological polar surface area (TPSA) is 42.4 Å². The summed E-state index contributed by atoms with van der Waals surface area (Å²) in [6.07, 6.45) is 1.85. The maximum atomic E-state index is 12.4. The van der Waals surface area contributed by atoms with Crippen molar-refractivity contribution in [3.8, 4) is 0 Å². The van der Waals surface area contributed by atoms with Gasteiger partial charge in [-0.3, -0.25) is 9.69 Å². The number of aryl methyl sites for hydroxylation is 1. The summed E-state index contributed by atoms with van der Waals surface area (Å²) in [4.78, 5) is 18.4. The first kappa shape index (κ1) is 13.0. The molecular formula is C14H20N2O2. The molecule has 2 atom stereocenters. The number of anilines is 1. The predicted molar refractivity (Wildman–Crippen MR) is 70.5 cm³/mol. The third-order valence-corrected chi connectivity index (χ3v) is 3.47. The van der Waals surface area contributed by atoms with E-state index in [1.165, 1.54) is 0 Å². The summed E-state index contributed by atoms with van der Waals surface area (Å²) in [6, 6.07) is 5.70. The average molecular weight is 248 g/mol. The number of hydrogen-bond donors (Lipinski definition) is 0. The molecule has 4 heteroatoms. The van der Waals surface area contributed by atoms with Gasteiger partial charge in [-0.2, -0.15) is 0 Å². The highest BCUT2D eigenvalue weighted by molar-refractivity contribution is 5.94. The van der Waals surface area contributed by atoms with Gasteiger partial charge < -0.3 is 4.74 Å². The fourth-order valence-electron chi connectivity index (χ4n) is 2.32. The van der Waals surface area contributed by atoms with Crippen molar-refractivity contribution < 1.29 is 9.53 Å². The van der Waals surface area contributed by atoms with Gasteiger partial charge in [-0.25, -0.2) is 4.98 Å². The standard InChI is InChI=1S/C14H20N2O2/c1-10-6-4-8-13(15-10)16(3)14(17)12-7-5-9-18-11(12)2/h4,6,8,11-12H,5,7,9H2,1-3H3/t11-,12+/m1/s1. The Balaban J connectivity index is 2.13. The SMILES string of the molecule is Cc1cccc(N(C)C(=O)[C@H]2CCCO[C@@H]2C)n1. The zero-order valence-electron chi connectivity index (χ0n) is 11.2. The van der Waals surface area contributed by atoms with E-state index in [-0.39, 0.29) is 17.9 Å². The molecule has 0 N–H and O–H groups in total. The Hall–Kier alpha value is -1.42. The van der Waals surface area contributed by atoms with Crippen LogP contribution in [-0.2, 0) is 9.53 Å². The number of rotatable bonds is 2. The molecule has 2 rings (SSSR count). The van der Waals surface area contributed by atoms with Crippen LogP contribution in [0.15, 0.2) is 18.2 Å². The van der Waals surface area contributed by atoms with Crippen molar-refractivity contribution in [2.75, 3.05) is 18.6 Å². The Bertz CT molecular complexity index is 434. The van der Waals surface area contributed by atoms with Crippen LogP contribution in [0.1, 0.15) is 25.5 Å². The van der Waals surface area contributed by atoms with Crippen LogP contribution in [0.4, 0.5) is 5.82 Å². The van der Waals surface area contributed by atoms with E-state index in [0.29, 0.717) is 5.82 Å². The zero-order valence-corrected chi connectivity index (χ0v) is 11.2. The second-order valence-corrected chi connectivity index (χ2v) is 4.86. The summed E-state index contributed by atoms with van der Waals surface area (Å²) in [5.41, 5.74) is 0.917. The molecule has 1 fully saturated rings. The first-order valence-electron chi connectivity index (χ1n) is 6.42. The van der Waals surface area contributed by atoms with Crippen LogP contribution in [0.3, 0.4) is 0 Å². The Labute approximate surface area is 108 Å². The van der Waals surface area contributed by atoms with E-state index in [2.05, 4.69) is 4.98 Å². The molecule has 1 aliphatic heterocycles. The lowest BCUT2D eigenvalue weighted by Crippen LogP contribution is -2.41. The van der Waals surface area contributed by atoms with E-state index in [1.54, 1.807) is 11.9 Å². The molecule has 1 aromatic heterocycles. The number of carbonyl (C=O) groups is 1. The van der Waals surface area contributed by atoms with E-state index in [9.17, 15) is 4.79 Å². The Morgan fingerprint density at radius 1 is 1.50 bits per heavy atom. The third kappa shape index (κ3) is 2.70. The lowest BCUT2D eigenvalue weighted by Gasteiger charge is -2.31. The monoisotopic (exact) mass is 248 g/mol. The minimum Gasteiger partial charge on any atom is -0.378 e. The molecule has 4 nitrogen and oxygen atoms in total. The highest BCUT2D eigenvalue weighted by Gasteiger charge is 2.31. The maximum absolute atomic E-state index is 12.4. The quantitative estimate of drug-likeness (QED) is 0.805. The summed E-state index contributed by atoms with van der Waals surface area (Å²) in [5.74, 6) is 0.754. The Kier molecular flexibility index (Phi) is 3.97. The Morgan fingerprint density at radius 2 is 2.28 bits per heavy atom. The maximum Gasteiger partial charge on any atom is 0.233 e. The predicted octanol–water partition coefficient (Wildman–Crippen LogP) is 2.17. The molecule has 1 amide bonds. The van der Waals surface area contributed by atoms with Gasteiger partial charge in [0.05, 0.1) is 12.0 Å². The highest BCUT2D eigenvalue weighted by atomic mass is 16.5. The lowest BCUT2D eigenvalue weighted by atomic mass is 9.94. The van der Waals surface area contributed by atoms with Crippen LogP contribution < -0.4 is 4.90 Å². The summed E-state index contributed by atoms with van der Waals surface area (Å²) in [6.45, 7) is 4.66. The van der Waals surface area contributed by atoms with Crippen molar-refractivity contribution in [1.82, 2.24) is 4.98 Å². The number of aromatic nitrogens is 1. The molecule has 2 heterocycles. The van der Waals surface area contributed by atoms with Crippen molar-refractivity contribution in [3.63, 3.8) is 0 Å². The first-order chi connectivity index (χ1) is 8.59. The normalized spacial score (nSPS) is 23.7. The van der Waals surface area contributed by atoms with Crippen molar-refractivity contribution >= 4 is 11.7 Å². The molecule has 0 aromatic carbocycles. The molecule has 1 saturated heterocycles. The van der Waals surface area contributed by atoms with Crippen LogP contribution in [0.25, 0.3) is 0 Å². The van der Waals surface area contributed by atoms with Gasteiger partial charge in [0.25, 0.3) is 0 Å². The molecule has 0 aliphatic carbocycles. The van der Waals surface area contributed by atoms with Gasteiger partial charge in [0.2, 0.25) is 5.91 Å². The van der Waals surface area contributed by atoms with Gasteiger partial charge >= 0.3 is 0 Å². The summed E-state index contributed by atoms with van der Waals surface area (Å²) < 4.78 is 5.55. The minimum absolute atomic E-state index is 0.00138. The molecule has 18 heavy (non-hydrogen) atoms. The van der Waals surface area contributed by atoms with Crippen LogP contribution in [0, 0.1) is 12.8 Å². The van der Waals surface area contributed by atoms with Crippen LogP contribution in [0.2, 0.25) is 0 Å². The van der Waals surface area contributed by atoms with Crippen molar-refractivity contribution in [1.29, 1.82) is 0 Å². The van der Waals surface area contributed by atoms with E-state index in [4.69, 9.17) is 4.74 Å². The second kappa shape index (κ2) is 5.48. The number of carbonyl (C=O) groups excluding carboxylic acids is 1. The first-order valence-corrected chi connectivity index (χ1v) is 6.42. The van der Waals surface area contributed by atoms with E-state index < -0.39 is 0 Å². The number of pyridine rings is 1. The summed E-state index contributed by atoms with van der Waals surface area (Å²) >= 11 is 0. The average Bonchev–Trinajstić information content (AvgIpc) is 2.37. The van der Waals surface area contributed by atoms with Crippen molar-refractivity contribution in [2.24, 2.45) is 5.92 Å². The van der Waals surface area contributed by atoms with Crippen LogP contribution >= 0.6 is 0 Å². The van der Waals surface area contributed by atoms with Gasteiger partial charge in [-0.1, -0.05) is 6.07 Å². The Morgan fingerprint density at radius 3 is 2.94 bits per heavy atom. The fourth-order valence-corrected chi connectivity index (χ4v) is 2.32. The molecule has 98 valence electrons. The molecule has 0 spiro atoms. The number of amides is 1. The molecule has 0 unspecified atom stereocenters. The molecule has 1 aromatic rings. The molecule has 0 saturated carbocycles. The van der Waals surface area contributed by atoms with Crippen LogP contribution in [0.5, 0.6) is 0 Å². The number of hydrogen-bond acceptors (Lipinski definition) is 3. The summed E-state index contributed by atoms with van der Waals surface area (Å²) in [5, 5.41) is 0. The van der Waals surface area contributed by atoms with Crippen molar-refractivity contribution in [3.05, 3.63) is 23.9 Å². The van der Waals surface area contributed by atoms with Crippen molar-refractivity contribution in [2.45, 2.75) is 32.8 Å². The molecule has 1 aliphatic rings. The van der Waals surface area contributed by atoms with Gasteiger partial charge in [0.15, 0.2) is 0 Å². The smallest absolute Gasteiger partial charge is 0.233 e. The zero-order chi connectivity index (χ0) is 13.1. The number of ether oxygens (including phenoxy) is 1. The van der Waals surface area contributed by atoms with E-state index >= 15 is 0 Å². The molecular weight excluding hydrogens is 228 g/mol. The van der Waals surface area contributed by atoms with Gasteiger partial charge in [0, 0.05) is 19.3 Å². The highest BCUT2D eigenvalue weighted by Crippen LogP contribution is 2.24. The lowest BCUT2D eigenvalue weighted by molar-refractivity contribution is -0.130. The second-order valence-electron chi connectivity index (χ2n) is 4.86.